The molecule has 1 heterocycles. The van der Waals surface area contributed by atoms with Crippen LogP contribution in [0.4, 0.5) is 0 Å². The monoisotopic (exact) mass is 382 g/mol. The van der Waals surface area contributed by atoms with Gasteiger partial charge in [0.15, 0.2) is 17.5 Å². The van der Waals surface area contributed by atoms with Gasteiger partial charge in [0.2, 0.25) is 12.7 Å². The van der Waals surface area contributed by atoms with Crippen LogP contribution in [0.25, 0.3) is 0 Å². The third kappa shape index (κ3) is 5.16. The van der Waals surface area contributed by atoms with Crippen LogP contribution in [-0.4, -0.2) is 44.2 Å². The van der Waals surface area contributed by atoms with E-state index in [9.17, 15) is 4.79 Å². The van der Waals surface area contributed by atoms with E-state index in [0.29, 0.717) is 12.5 Å². The molecule has 1 aliphatic heterocycles. The Bertz CT molecular complexity index is 837. The summed E-state index contributed by atoms with van der Waals surface area (Å²) in [6, 6.07) is 15.9. The number of likely N-dealkylation sites (N-methyl/N-ethyl adjacent to an activating group) is 1. The highest BCUT2D eigenvalue weighted by atomic mass is 16.7. The molecular formula is C21H26N4O3. The Morgan fingerprint density at radius 3 is 2.64 bits per heavy atom. The molecule has 2 N–H and O–H groups in total. The van der Waals surface area contributed by atoms with Crippen LogP contribution in [0.2, 0.25) is 0 Å². The average molecular weight is 382 g/mol. The Morgan fingerprint density at radius 1 is 1.14 bits per heavy atom. The van der Waals surface area contributed by atoms with Crippen LogP contribution in [0.1, 0.15) is 24.1 Å². The molecular weight excluding hydrogens is 356 g/mol. The molecule has 0 fully saturated rings. The quantitative estimate of drug-likeness (QED) is 0.592. The maximum absolute atomic E-state index is 12.0. The van der Waals surface area contributed by atoms with Gasteiger partial charge in [-0.05, 0) is 30.2 Å². The van der Waals surface area contributed by atoms with Crippen LogP contribution in [0.3, 0.4) is 0 Å². The van der Waals surface area contributed by atoms with Crippen LogP contribution in [-0.2, 0) is 11.3 Å². The van der Waals surface area contributed by atoms with Gasteiger partial charge in [-0.3, -0.25) is 4.79 Å². The number of aliphatic imine (C=N–C) groups is 1. The fraction of sp³-hybridized carbons (Fsp3) is 0.333. The summed E-state index contributed by atoms with van der Waals surface area (Å²) < 4.78 is 10.8. The first kappa shape index (κ1) is 19.5. The van der Waals surface area contributed by atoms with Crippen molar-refractivity contribution in [2.45, 2.75) is 19.5 Å². The molecule has 7 heteroatoms. The molecule has 1 atom stereocenters. The molecule has 0 spiro atoms. The highest BCUT2D eigenvalue weighted by Gasteiger charge is 2.14. The van der Waals surface area contributed by atoms with Crippen LogP contribution < -0.4 is 20.1 Å². The first-order valence-electron chi connectivity index (χ1n) is 9.21. The Balaban J connectivity index is 1.70. The summed E-state index contributed by atoms with van der Waals surface area (Å²) >= 11 is 0. The molecule has 0 radical (unpaired) electrons. The number of nitrogens with zero attached hydrogens (tertiary/aromatic N) is 2. The molecule has 1 unspecified atom stereocenters. The zero-order chi connectivity index (χ0) is 19.9. The highest BCUT2D eigenvalue weighted by molar-refractivity contribution is 5.86. The summed E-state index contributed by atoms with van der Waals surface area (Å²) in [4.78, 5) is 18.1. The van der Waals surface area contributed by atoms with Gasteiger partial charge >= 0.3 is 0 Å². The van der Waals surface area contributed by atoms with Gasteiger partial charge < -0.3 is 25.0 Å². The van der Waals surface area contributed by atoms with Crippen LogP contribution in [0.15, 0.2) is 53.5 Å². The van der Waals surface area contributed by atoms with Gasteiger partial charge in [-0.2, -0.15) is 0 Å². The maximum Gasteiger partial charge on any atom is 0.241 e. The number of amides is 1. The summed E-state index contributed by atoms with van der Waals surface area (Å²) in [7, 11) is 3.46. The minimum atomic E-state index is -0.0232. The fourth-order valence-corrected chi connectivity index (χ4v) is 2.71. The summed E-state index contributed by atoms with van der Waals surface area (Å²) in [5, 5.41) is 6.48. The Hall–Kier alpha value is -3.22. The van der Waals surface area contributed by atoms with Crippen molar-refractivity contribution in [1.82, 2.24) is 15.5 Å². The average Bonchev–Trinajstić information content (AvgIpc) is 3.18. The van der Waals surface area contributed by atoms with E-state index in [-0.39, 0.29) is 25.3 Å². The third-order valence-corrected chi connectivity index (χ3v) is 4.42. The van der Waals surface area contributed by atoms with E-state index in [1.807, 2.05) is 36.4 Å². The normalized spacial score (nSPS) is 13.8. The zero-order valence-electron chi connectivity index (χ0n) is 16.4. The lowest BCUT2D eigenvalue weighted by Gasteiger charge is -2.19. The molecule has 2 aromatic carbocycles. The number of nitrogens with one attached hydrogen (secondary N) is 2. The van der Waals surface area contributed by atoms with Crippen molar-refractivity contribution in [3.63, 3.8) is 0 Å². The number of guanidine groups is 1. The Morgan fingerprint density at radius 2 is 1.89 bits per heavy atom. The first-order chi connectivity index (χ1) is 13.5. The molecule has 28 heavy (non-hydrogen) atoms. The molecule has 0 saturated heterocycles. The number of carbonyl (C=O) groups excluding carboxylic acids is 1. The minimum absolute atomic E-state index is 0.0232. The maximum atomic E-state index is 12.0. The Kier molecular flexibility index (Phi) is 6.37. The van der Waals surface area contributed by atoms with E-state index < -0.39 is 0 Å². The van der Waals surface area contributed by atoms with Crippen LogP contribution in [0, 0.1) is 0 Å². The number of fused-ring (bicyclic) bond motifs is 1. The Labute approximate surface area is 165 Å². The summed E-state index contributed by atoms with van der Waals surface area (Å²) in [5.41, 5.74) is 2.13. The van der Waals surface area contributed by atoms with Crippen molar-refractivity contribution in [2.24, 2.45) is 4.99 Å². The minimum Gasteiger partial charge on any atom is -0.454 e. The van der Waals surface area contributed by atoms with Gasteiger partial charge in [0, 0.05) is 14.1 Å². The molecule has 0 saturated carbocycles. The topological polar surface area (TPSA) is 75.2 Å². The number of benzene rings is 2. The van der Waals surface area contributed by atoms with Gasteiger partial charge in [0.25, 0.3) is 0 Å². The summed E-state index contributed by atoms with van der Waals surface area (Å²) in [6.45, 7) is 2.92. The molecule has 148 valence electrons. The lowest BCUT2D eigenvalue weighted by atomic mass is 10.1. The molecule has 0 aromatic heterocycles. The molecule has 3 rings (SSSR count). The van der Waals surface area contributed by atoms with E-state index in [1.54, 1.807) is 19.0 Å². The SMILES string of the molecule is CC(NC(=NCc1ccc2c(c1)OCO2)NCC(=O)N(C)C)c1ccccc1. The van der Waals surface area contributed by atoms with E-state index in [2.05, 4.69) is 34.7 Å². The predicted molar refractivity (Wildman–Crippen MR) is 108 cm³/mol. The number of hydrogen-bond donors (Lipinski definition) is 2. The standard InChI is InChI=1S/C21H26N4O3/c1-15(17-7-5-4-6-8-17)24-21(23-13-20(26)25(2)3)22-12-16-9-10-18-19(11-16)28-14-27-18/h4-11,15H,12-14H2,1-3H3,(H2,22,23,24). The van der Waals surface area contributed by atoms with Gasteiger partial charge in [-0.25, -0.2) is 4.99 Å². The lowest BCUT2D eigenvalue weighted by molar-refractivity contribution is -0.127. The number of rotatable bonds is 6. The molecule has 7 nitrogen and oxygen atoms in total. The molecule has 0 aliphatic carbocycles. The molecule has 1 aliphatic rings. The first-order valence-corrected chi connectivity index (χ1v) is 9.21. The molecule has 0 bridgehead atoms. The summed E-state index contributed by atoms with van der Waals surface area (Å²) in [5.74, 6) is 2.03. The van der Waals surface area contributed by atoms with Crippen LogP contribution in [0.5, 0.6) is 11.5 Å². The van der Waals surface area contributed by atoms with Crippen molar-refractivity contribution in [3.05, 3.63) is 59.7 Å². The molecule has 2 aromatic rings. The largest absolute Gasteiger partial charge is 0.454 e. The fourth-order valence-electron chi connectivity index (χ4n) is 2.71. The van der Waals surface area contributed by atoms with Crippen molar-refractivity contribution in [3.8, 4) is 11.5 Å². The smallest absolute Gasteiger partial charge is 0.241 e. The summed E-state index contributed by atoms with van der Waals surface area (Å²) in [6.07, 6.45) is 0. The van der Waals surface area contributed by atoms with Gasteiger partial charge in [0.1, 0.15) is 0 Å². The number of hydrogen-bond acceptors (Lipinski definition) is 4. The van der Waals surface area contributed by atoms with Gasteiger partial charge in [-0.15, -0.1) is 0 Å². The van der Waals surface area contributed by atoms with Crippen molar-refractivity contribution < 1.29 is 14.3 Å². The number of carbonyl (C=O) groups is 1. The highest BCUT2D eigenvalue weighted by Crippen LogP contribution is 2.32. The van der Waals surface area contributed by atoms with Crippen molar-refractivity contribution in [2.75, 3.05) is 27.4 Å². The predicted octanol–water partition coefficient (Wildman–Crippen LogP) is 2.30. The molecule has 1 amide bonds. The second-order valence-electron chi connectivity index (χ2n) is 6.77. The van der Waals surface area contributed by atoms with Gasteiger partial charge in [0.05, 0.1) is 19.1 Å². The second-order valence-corrected chi connectivity index (χ2v) is 6.77. The lowest BCUT2D eigenvalue weighted by Crippen LogP contribution is -2.43. The van der Waals surface area contributed by atoms with E-state index in [4.69, 9.17) is 9.47 Å². The third-order valence-electron chi connectivity index (χ3n) is 4.42. The van der Waals surface area contributed by atoms with Crippen LogP contribution >= 0.6 is 0 Å². The second kappa shape index (κ2) is 9.12. The van der Waals surface area contributed by atoms with E-state index >= 15 is 0 Å². The van der Waals surface area contributed by atoms with Crippen molar-refractivity contribution in [1.29, 1.82) is 0 Å². The van der Waals surface area contributed by atoms with Gasteiger partial charge in [-0.1, -0.05) is 36.4 Å². The van der Waals surface area contributed by atoms with E-state index in [0.717, 1.165) is 22.6 Å². The zero-order valence-corrected chi connectivity index (χ0v) is 16.4. The van der Waals surface area contributed by atoms with Crippen molar-refractivity contribution >= 4 is 11.9 Å². The number of ether oxygens (including phenoxy) is 2. The van der Waals surface area contributed by atoms with E-state index in [1.165, 1.54) is 0 Å².